The quantitative estimate of drug-likeness (QED) is 0.529. The van der Waals surface area contributed by atoms with Gasteiger partial charge in [0.05, 0.1) is 4.88 Å². The van der Waals surface area contributed by atoms with E-state index in [2.05, 4.69) is 4.37 Å². The van der Waals surface area contributed by atoms with E-state index in [9.17, 15) is 9.90 Å². The van der Waals surface area contributed by atoms with Gasteiger partial charge in [0.2, 0.25) is 0 Å². The van der Waals surface area contributed by atoms with Gasteiger partial charge in [-0.3, -0.25) is 0 Å². The van der Waals surface area contributed by atoms with Gasteiger partial charge in [-0.25, -0.2) is 4.79 Å². The van der Waals surface area contributed by atoms with Crippen molar-refractivity contribution < 1.29 is 9.90 Å². The van der Waals surface area contributed by atoms with Crippen LogP contribution in [0.1, 0.15) is 15.9 Å². The average molecular weight is 396 g/mol. The Bertz CT molecular complexity index is 861. The van der Waals surface area contributed by atoms with E-state index in [1.807, 2.05) is 48.5 Å². The topological polar surface area (TPSA) is 50.2 Å². The predicted molar refractivity (Wildman–Crippen MR) is 101 cm³/mol. The standard InChI is InChI=1S/C17H11Cl2NO2S2/c18-12-5-7-13(8-6-12)23-9-10-1-3-11(4-2-10)15-14(17(21)22)16(19)20-24-15/h1-8H,9H2,(H,21,22). The van der Waals surface area contributed by atoms with Crippen molar-refractivity contribution in [3.8, 4) is 10.4 Å². The first-order chi connectivity index (χ1) is 11.5. The van der Waals surface area contributed by atoms with Crippen LogP contribution in [-0.4, -0.2) is 15.4 Å². The fraction of sp³-hybridized carbons (Fsp3) is 0.0588. The van der Waals surface area contributed by atoms with Crippen molar-refractivity contribution in [3.63, 3.8) is 0 Å². The molecule has 0 unspecified atom stereocenters. The molecule has 0 saturated carbocycles. The lowest BCUT2D eigenvalue weighted by atomic mass is 10.1. The number of rotatable bonds is 5. The highest BCUT2D eigenvalue weighted by molar-refractivity contribution is 7.98. The number of aromatic carboxylic acids is 1. The van der Waals surface area contributed by atoms with Crippen molar-refractivity contribution in [3.05, 3.63) is 69.8 Å². The minimum Gasteiger partial charge on any atom is -0.478 e. The number of carboxylic acid groups (broad SMARTS) is 1. The zero-order chi connectivity index (χ0) is 17.1. The molecule has 3 nitrogen and oxygen atoms in total. The van der Waals surface area contributed by atoms with Crippen molar-refractivity contribution in [2.45, 2.75) is 10.6 Å². The molecule has 0 aliphatic rings. The molecule has 7 heteroatoms. The van der Waals surface area contributed by atoms with E-state index < -0.39 is 5.97 Å². The molecule has 0 amide bonds. The maximum atomic E-state index is 11.3. The Balaban J connectivity index is 1.74. The van der Waals surface area contributed by atoms with Crippen molar-refractivity contribution in [1.82, 2.24) is 4.37 Å². The van der Waals surface area contributed by atoms with Crippen molar-refractivity contribution >= 4 is 52.5 Å². The van der Waals surface area contributed by atoms with Gasteiger partial charge in [0.1, 0.15) is 5.56 Å². The second kappa shape index (κ2) is 7.57. The molecular formula is C17H11Cl2NO2S2. The highest BCUT2D eigenvalue weighted by Crippen LogP contribution is 2.33. The molecule has 3 rings (SSSR count). The molecule has 0 bridgehead atoms. The largest absolute Gasteiger partial charge is 0.478 e. The molecule has 0 aliphatic heterocycles. The number of hydrogen-bond acceptors (Lipinski definition) is 4. The molecule has 0 fully saturated rings. The molecule has 24 heavy (non-hydrogen) atoms. The first-order valence-electron chi connectivity index (χ1n) is 6.91. The third-order valence-electron chi connectivity index (χ3n) is 3.30. The molecular weight excluding hydrogens is 385 g/mol. The van der Waals surface area contributed by atoms with Gasteiger partial charge in [0, 0.05) is 15.7 Å². The Morgan fingerprint density at radius 2 is 1.75 bits per heavy atom. The lowest BCUT2D eigenvalue weighted by Gasteiger charge is -2.04. The summed E-state index contributed by atoms with van der Waals surface area (Å²) in [6.45, 7) is 0. The summed E-state index contributed by atoms with van der Waals surface area (Å²) in [4.78, 5) is 13.0. The number of benzene rings is 2. The summed E-state index contributed by atoms with van der Waals surface area (Å²) in [5, 5.41) is 10.0. The van der Waals surface area contributed by atoms with Gasteiger partial charge in [-0.15, -0.1) is 11.8 Å². The second-order valence-corrected chi connectivity index (χ2v) is 7.54. The lowest BCUT2D eigenvalue weighted by Crippen LogP contribution is -1.97. The SMILES string of the molecule is O=C(O)c1c(Cl)nsc1-c1ccc(CSc2ccc(Cl)cc2)cc1. The summed E-state index contributed by atoms with van der Waals surface area (Å²) >= 11 is 14.5. The van der Waals surface area contributed by atoms with Crippen molar-refractivity contribution in [2.24, 2.45) is 0 Å². The van der Waals surface area contributed by atoms with Gasteiger partial charge in [-0.05, 0) is 46.9 Å². The average Bonchev–Trinajstić information content (AvgIpc) is 2.97. The first-order valence-corrected chi connectivity index (χ1v) is 9.42. The predicted octanol–water partition coefficient (Wildman–Crippen LogP) is 6.11. The van der Waals surface area contributed by atoms with Crippen LogP contribution >= 0.6 is 46.5 Å². The first kappa shape index (κ1) is 17.3. The Hall–Kier alpha value is -1.53. The molecule has 1 aromatic heterocycles. The number of carboxylic acids is 1. The summed E-state index contributed by atoms with van der Waals surface area (Å²) < 4.78 is 3.93. The molecule has 0 atom stereocenters. The molecule has 0 spiro atoms. The molecule has 122 valence electrons. The van der Waals surface area contributed by atoms with Crippen LogP contribution in [0.2, 0.25) is 10.2 Å². The maximum Gasteiger partial charge on any atom is 0.340 e. The number of aromatic nitrogens is 1. The Morgan fingerprint density at radius 3 is 2.38 bits per heavy atom. The van der Waals surface area contributed by atoms with Crippen LogP contribution in [0.15, 0.2) is 53.4 Å². The van der Waals surface area contributed by atoms with Crippen molar-refractivity contribution in [1.29, 1.82) is 0 Å². The lowest BCUT2D eigenvalue weighted by molar-refractivity contribution is 0.0698. The van der Waals surface area contributed by atoms with Gasteiger partial charge in [0.15, 0.2) is 5.15 Å². The molecule has 3 aromatic rings. The normalized spacial score (nSPS) is 10.8. The van der Waals surface area contributed by atoms with Gasteiger partial charge in [0.25, 0.3) is 0 Å². The molecule has 2 aromatic carbocycles. The third-order valence-corrected chi connectivity index (χ3v) is 5.90. The highest BCUT2D eigenvalue weighted by Gasteiger charge is 2.20. The van der Waals surface area contributed by atoms with Crippen LogP contribution in [0.3, 0.4) is 0 Å². The zero-order valence-electron chi connectivity index (χ0n) is 12.2. The number of hydrogen-bond donors (Lipinski definition) is 1. The Kier molecular flexibility index (Phi) is 5.46. The maximum absolute atomic E-state index is 11.3. The van der Waals surface area contributed by atoms with Gasteiger partial charge in [-0.2, -0.15) is 4.37 Å². The van der Waals surface area contributed by atoms with Crippen LogP contribution in [0.25, 0.3) is 10.4 Å². The van der Waals surface area contributed by atoms with Gasteiger partial charge < -0.3 is 5.11 Å². The van der Waals surface area contributed by atoms with Crippen LogP contribution in [0.5, 0.6) is 0 Å². The van der Waals surface area contributed by atoms with Crippen LogP contribution < -0.4 is 0 Å². The number of nitrogens with zero attached hydrogens (tertiary/aromatic N) is 1. The molecule has 0 aliphatic carbocycles. The van der Waals surface area contributed by atoms with E-state index in [1.54, 1.807) is 11.8 Å². The summed E-state index contributed by atoms with van der Waals surface area (Å²) in [6, 6.07) is 15.5. The second-order valence-electron chi connectivity index (χ2n) is 4.92. The molecule has 0 radical (unpaired) electrons. The van der Waals surface area contributed by atoms with Gasteiger partial charge >= 0.3 is 5.97 Å². The summed E-state index contributed by atoms with van der Waals surface area (Å²) in [5.74, 6) is -0.247. The number of halogens is 2. The minimum atomic E-state index is -1.06. The van der Waals surface area contributed by atoms with E-state index in [-0.39, 0.29) is 10.7 Å². The van der Waals surface area contributed by atoms with Crippen LogP contribution in [0.4, 0.5) is 0 Å². The molecule has 1 heterocycles. The minimum absolute atomic E-state index is 0.0323. The van der Waals surface area contributed by atoms with Gasteiger partial charge in [-0.1, -0.05) is 47.5 Å². The van der Waals surface area contributed by atoms with E-state index in [1.165, 1.54) is 0 Å². The van der Waals surface area contributed by atoms with Crippen LogP contribution in [-0.2, 0) is 5.75 Å². The zero-order valence-corrected chi connectivity index (χ0v) is 15.3. The smallest absolute Gasteiger partial charge is 0.340 e. The monoisotopic (exact) mass is 395 g/mol. The summed E-state index contributed by atoms with van der Waals surface area (Å²) in [5.41, 5.74) is 2.01. The van der Waals surface area contributed by atoms with E-state index in [0.717, 1.165) is 38.3 Å². The van der Waals surface area contributed by atoms with E-state index in [4.69, 9.17) is 23.2 Å². The highest BCUT2D eigenvalue weighted by atomic mass is 35.5. The Morgan fingerprint density at radius 1 is 1.08 bits per heavy atom. The number of thioether (sulfide) groups is 1. The fourth-order valence-electron chi connectivity index (χ4n) is 2.10. The van der Waals surface area contributed by atoms with E-state index >= 15 is 0 Å². The fourth-order valence-corrected chi connectivity index (χ4v) is 4.20. The number of carbonyl (C=O) groups is 1. The van der Waals surface area contributed by atoms with E-state index in [0.29, 0.717) is 4.88 Å². The summed E-state index contributed by atoms with van der Waals surface area (Å²) in [7, 11) is 0. The third kappa shape index (κ3) is 3.92. The Labute approximate surface area is 157 Å². The molecule has 1 N–H and O–H groups in total. The molecule has 0 saturated heterocycles. The van der Waals surface area contributed by atoms with Crippen molar-refractivity contribution in [2.75, 3.05) is 0 Å². The van der Waals surface area contributed by atoms with Crippen LogP contribution in [0, 0.1) is 0 Å². The summed E-state index contributed by atoms with van der Waals surface area (Å²) in [6.07, 6.45) is 0.